The second-order valence-electron chi connectivity index (χ2n) is 4.82. The van der Waals surface area contributed by atoms with Crippen molar-refractivity contribution in [1.29, 1.82) is 0 Å². The number of benzene rings is 3. The van der Waals surface area contributed by atoms with Gasteiger partial charge in [0, 0.05) is 5.39 Å². The van der Waals surface area contributed by atoms with Gasteiger partial charge in [-0.25, -0.2) is 0 Å². The van der Waals surface area contributed by atoms with E-state index in [4.69, 9.17) is 4.55 Å². The Balaban J connectivity index is 0.00000208. The topological polar surface area (TPSA) is 99.3 Å². The summed E-state index contributed by atoms with van der Waals surface area (Å²) in [5, 5.41) is 19.7. The average Bonchev–Trinajstić information content (AvgIpc) is 2.53. The van der Waals surface area contributed by atoms with Crippen LogP contribution in [0, 0.1) is 0 Å². The summed E-state index contributed by atoms with van der Waals surface area (Å²) in [4.78, 5) is -0.218. The summed E-state index contributed by atoms with van der Waals surface area (Å²) in [6.45, 7) is 0. The van der Waals surface area contributed by atoms with Gasteiger partial charge in [-0.05, 0) is 35.7 Å². The predicted molar refractivity (Wildman–Crippen MR) is 86.0 cm³/mol. The van der Waals surface area contributed by atoms with Crippen molar-refractivity contribution in [3.8, 4) is 5.75 Å². The normalized spacial score (nSPS) is 11.5. The van der Waals surface area contributed by atoms with Gasteiger partial charge in [-0.1, -0.05) is 30.3 Å². The van der Waals surface area contributed by atoms with Crippen LogP contribution in [0.25, 0.3) is 10.8 Å². The van der Waals surface area contributed by atoms with Crippen LogP contribution in [0.5, 0.6) is 5.75 Å². The average molecular weight is 351 g/mol. The van der Waals surface area contributed by atoms with Crippen molar-refractivity contribution in [3.63, 3.8) is 0 Å². The molecule has 0 heterocycles. The molecule has 3 rings (SSSR count). The van der Waals surface area contributed by atoms with Gasteiger partial charge in [0.2, 0.25) is 0 Å². The molecule has 0 amide bonds. The number of rotatable bonds is 3. The van der Waals surface area contributed by atoms with E-state index in [0.29, 0.717) is 11.4 Å². The van der Waals surface area contributed by atoms with Gasteiger partial charge in [0.25, 0.3) is 10.1 Å². The van der Waals surface area contributed by atoms with Crippen molar-refractivity contribution < 1.29 is 47.6 Å². The van der Waals surface area contributed by atoms with Crippen LogP contribution in [0.1, 0.15) is 0 Å². The number of hydrogen-bond donors (Lipinski definition) is 2. The summed E-state index contributed by atoms with van der Waals surface area (Å²) in [6.07, 6.45) is 0. The first-order valence-corrected chi connectivity index (χ1v) is 8.09. The maximum atomic E-state index is 11.0. The van der Waals surface area contributed by atoms with Crippen LogP contribution in [-0.2, 0) is 10.1 Å². The predicted octanol–water partition coefficient (Wildman–Crippen LogP) is 1.21. The van der Waals surface area contributed by atoms with Crippen molar-refractivity contribution in [1.82, 2.24) is 0 Å². The molecule has 0 bridgehead atoms. The first-order valence-electron chi connectivity index (χ1n) is 6.65. The van der Waals surface area contributed by atoms with E-state index in [1.54, 1.807) is 6.07 Å². The van der Waals surface area contributed by atoms with Crippen LogP contribution in [0.3, 0.4) is 0 Å². The minimum Gasteiger partial charge on any atom is -0.506 e. The van der Waals surface area contributed by atoms with E-state index in [1.165, 1.54) is 30.3 Å². The van der Waals surface area contributed by atoms with Crippen LogP contribution in [0.15, 0.2) is 75.8 Å². The standard InChI is InChI=1S/C16H12N2O4S.Na/c19-15-10-5-11-3-1-2-4-14(11)16(15)18-17-12-6-8-13(9-7-12)23(20,21)22;/h1-10,19H,(H,20,21,22);/q;+1. The molecule has 0 radical (unpaired) electrons. The van der Waals surface area contributed by atoms with Gasteiger partial charge >= 0.3 is 29.6 Å². The van der Waals surface area contributed by atoms with Gasteiger partial charge in [0.1, 0.15) is 11.4 Å². The first kappa shape index (κ1) is 18.6. The number of fused-ring (bicyclic) bond motifs is 1. The van der Waals surface area contributed by atoms with E-state index in [1.807, 2.05) is 24.3 Å². The molecule has 116 valence electrons. The Morgan fingerprint density at radius 2 is 1.50 bits per heavy atom. The Bertz CT molecular complexity index is 1000. The van der Waals surface area contributed by atoms with E-state index in [0.717, 1.165) is 10.8 Å². The fourth-order valence-electron chi connectivity index (χ4n) is 2.14. The summed E-state index contributed by atoms with van der Waals surface area (Å²) in [6, 6.07) is 16.0. The third-order valence-corrected chi connectivity index (χ3v) is 4.15. The molecule has 0 atom stereocenters. The summed E-state index contributed by atoms with van der Waals surface area (Å²) in [5.41, 5.74) is 0.728. The fourth-order valence-corrected chi connectivity index (χ4v) is 2.62. The second-order valence-corrected chi connectivity index (χ2v) is 6.24. The molecule has 8 heteroatoms. The molecule has 0 fully saturated rings. The van der Waals surface area contributed by atoms with Crippen LogP contribution in [0.2, 0.25) is 0 Å². The van der Waals surface area contributed by atoms with E-state index < -0.39 is 10.1 Å². The Morgan fingerprint density at radius 3 is 2.17 bits per heavy atom. The summed E-state index contributed by atoms with van der Waals surface area (Å²) < 4.78 is 30.9. The van der Waals surface area contributed by atoms with Gasteiger partial charge in [-0.3, -0.25) is 4.55 Å². The Morgan fingerprint density at radius 1 is 0.833 bits per heavy atom. The zero-order valence-corrected chi connectivity index (χ0v) is 15.6. The minimum absolute atomic E-state index is 0. The zero-order chi connectivity index (χ0) is 16.4. The second kappa shape index (κ2) is 7.42. The molecule has 0 aliphatic rings. The smallest absolute Gasteiger partial charge is 0.506 e. The summed E-state index contributed by atoms with van der Waals surface area (Å²) in [7, 11) is -4.23. The van der Waals surface area contributed by atoms with Gasteiger partial charge in [-0.2, -0.15) is 13.5 Å². The maximum absolute atomic E-state index is 11.0. The fraction of sp³-hybridized carbons (Fsp3) is 0. The molecule has 6 nitrogen and oxygen atoms in total. The Hall–Kier alpha value is -1.77. The van der Waals surface area contributed by atoms with Crippen molar-refractivity contribution in [2.45, 2.75) is 4.90 Å². The minimum atomic E-state index is -4.23. The van der Waals surface area contributed by atoms with E-state index in [-0.39, 0.29) is 40.2 Å². The molecular weight excluding hydrogens is 339 g/mol. The summed E-state index contributed by atoms with van der Waals surface area (Å²) in [5.74, 6) is 0.00186. The SMILES string of the molecule is O=S(=O)(O)c1ccc(N=Nc2c(O)ccc3ccccc23)cc1.[Na+]. The number of phenolic OH excluding ortho intramolecular Hbond substituents is 1. The molecule has 0 aliphatic carbocycles. The van der Waals surface area contributed by atoms with Crippen LogP contribution in [0.4, 0.5) is 11.4 Å². The van der Waals surface area contributed by atoms with Crippen molar-refractivity contribution in [2.24, 2.45) is 10.2 Å². The number of azo groups is 1. The number of aromatic hydroxyl groups is 1. The van der Waals surface area contributed by atoms with E-state index in [9.17, 15) is 13.5 Å². The first-order chi connectivity index (χ1) is 10.9. The van der Waals surface area contributed by atoms with Gasteiger partial charge < -0.3 is 5.11 Å². The zero-order valence-electron chi connectivity index (χ0n) is 12.8. The van der Waals surface area contributed by atoms with Crippen LogP contribution in [-0.4, -0.2) is 18.1 Å². The third kappa shape index (κ3) is 4.00. The van der Waals surface area contributed by atoms with Gasteiger partial charge in [0.05, 0.1) is 10.6 Å². The van der Waals surface area contributed by atoms with Crippen LogP contribution >= 0.6 is 0 Å². The van der Waals surface area contributed by atoms with Gasteiger partial charge in [-0.15, -0.1) is 5.11 Å². The number of phenols is 1. The molecule has 0 saturated carbocycles. The van der Waals surface area contributed by atoms with Gasteiger partial charge in [0.15, 0.2) is 0 Å². The van der Waals surface area contributed by atoms with E-state index >= 15 is 0 Å². The molecule has 0 spiro atoms. The molecule has 0 unspecified atom stereocenters. The number of nitrogens with zero attached hydrogens (tertiary/aromatic N) is 2. The quantitative estimate of drug-likeness (QED) is 0.421. The molecule has 3 aromatic carbocycles. The van der Waals surface area contributed by atoms with E-state index in [2.05, 4.69) is 10.2 Å². The largest absolute Gasteiger partial charge is 1.00 e. The molecule has 3 aromatic rings. The maximum Gasteiger partial charge on any atom is 1.00 e. The Kier molecular flexibility index (Phi) is 5.74. The molecule has 0 aromatic heterocycles. The third-order valence-electron chi connectivity index (χ3n) is 3.28. The molecule has 24 heavy (non-hydrogen) atoms. The van der Waals surface area contributed by atoms with Crippen molar-refractivity contribution >= 4 is 32.3 Å². The van der Waals surface area contributed by atoms with Crippen LogP contribution < -0.4 is 29.6 Å². The Labute approximate surface area is 160 Å². The van der Waals surface area contributed by atoms with Crippen molar-refractivity contribution in [2.75, 3.05) is 0 Å². The summed E-state index contributed by atoms with van der Waals surface area (Å²) >= 11 is 0. The molecular formula is C16H12N2NaO4S+. The monoisotopic (exact) mass is 351 g/mol. The molecule has 2 N–H and O–H groups in total. The number of hydrogen-bond acceptors (Lipinski definition) is 5. The molecule has 0 saturated heterocycles. The van der Waals surface area contributed by atoms with Crippen molar-refractivity contribution in [3.05, 3.63) is 60.7 Å². The molecule has 0 aliphatic heterocycles.